The fourth-order valence-electron chi connectivity index (χ4n) is 2.81. The average molecular weight is 381 g/mol. The van der Waals surface area contributed by atoms with E-state index in [1.165, 1.54) is 0 Å². The molecule has 0 saturated carbocycles. The van der Waals surface area contributed by atoms with E-state index < -0.39 is 35.1 Å². The molecule has 3 aromatic rings. The number of nitrogens with one attached hydrogen (secondary N) is 1. The first-order valence-corrected chi connectivity index (χ1v) is 8.57. The van der Waals surface area contributed by atoms with Crippen molar-refractivity contribution in [2.45, 2.75) is 12.5 Å². The van der Waals surface area contributed by atoms with Gasteiger partial charge < -0.3 is 10.4 Å². The van der Waals surface area contributed by atoms with Gasteiger partial charge in [0.05, 0.1) is 5.56 Å². The van der Waals surface area contributed by atoms with Crippen molar-refractivity contribution in [2.75, 3.05) is 0 Å². The van der Waals surface area contributed by atoms with Crippen molar-refractivity contribution in [2.24, 2.45) is 0 Å². The van der Waals surface area contributed by atoms with E-state index >= 15 is 0 Å². The molecule has 142 valence electrons. The SMILES string of the molecule is O=C(N[C@@H](Cc1ccc(-c2ccccc2)cc1)C(=O)O)c1ccc(F)cc1F. The van der Waals surface area contributed by atoms with Gasteiger partial charge in [0.25, 0.3) is 5.91 Å². The van der Waals surface area contributed by atoms with E-state index in [4.69, 9.17) is 0 Å². The van der Waals surface area contributed by atoms with Crippen molar-refractivity contribution in [1.29, 1.82) is 0 Å². The molecule has 0 spiro atoms. The van der Waals surface area contributed by atoms with Crippen LogP contribution in [0.1, 0.15) is 15.9 Å². The summed E-state index contributed by atoms with van der Waals surface area (Å²) in [6, 6.07) is 18.2. The number of hydrogen-bond donors (Lipinski definition) is 2. The van der Waals surface area contributed by atoms with Gasteiger partial charge in [0.15, 0.2) is 0 Å². The Labute approximate surface area is 160 Å². The number of rotatable bonds is 6. The van der Waals surface area contributed by atoms with E-state index in [2.05, 4.69) is 5.32 Å². The van der Waals surface area contributed by atoms with Crippen LogP contribution in [0.3, 0.4) is 0 Å². The van der Waals surface area contributed by atoms with Gasteiger partial charge in [0.2, 0.25) is 0 Å². The summed E-state index contributed by atoms with van der Waals surface area (Å²) in [5.41, 5.74) is 2.30. The summed E-state index contributed by atoms with van der Waals surface area (Å²) in [4.78, 5) is 23.7. The Bertz CT molecular complexity index is 988. The number of benzene rings is 3. The number of amides is 1. The third-order valence-electron chi connectivity index (χ3n) is 4.28. The van der Waals surface area contributed by atoms with Crippen LogP contribution in [-0.4, -0.2) is 23.0 Å². The highest BCUT2D eigenvalue weighted by Gasteiger charge is 2.23. The third kappa shape index (κ3) is 4.59. The van der Waals surface area contributed by atoms with Crippen LogP contribution in [0, 0.1) is 11.6 Å². The molecule has 0 aliphatic carbocycles. The molecule has 1 atom stereocenters. The van der Waals surface area contributed by atoms with Gasteiger partial charge in [-0.2, -0.15) is 0 Å². The molecule has 0 radical (unpaired) electrons. The largest absolute Gasteiger partial charge is 0.480 e. The molecule has 0 saturated heterocycles. The molecule has 3 aromatic carbocycles. The second-order valence-corrected chi connectivity index (χ2v) is 6.26. The number of carbonyl (C=O) groups excluding carboxylic acids is 1. The number of carboxylic acids is 1. The molecule has 6 heteroatoms. The minimum absolute atomic E-state index is 0.0267. The lowest BCUT2D eigenvalue weighted by Crippen LogP contribution is -2.42. The fraction of sp³-hybridized carbons (Fsp3) is 0.0909. The van der Waals surface area contributed by atoms with Gasteiger partial charge >= 0.3 is 5.97 Å². The molecule has 0 aromatic heterocycles. The topological polar surface area (TPSA) is 66.4 Å². The Kier molecular flexibility index (Phi) is 5.79. The number of halogens is 2. The molecular formula is C22H17F2NO3. The van der Waals surface area contributed by atoms with E-state index in [0.717, 1.165) is 23.3 Å². The first-order chi connectivity index (χ1) is 13.4. The van der Waals surface area contributed by atoms with Gasteiger partial charge in [-0.3, -0.25) is 4.79 Å². The molecular weight excluding hydrogens is 364 g/mol. The maximum absolute atomic E-state index is 13.7. The molecule has 0 heterocycles. The minimum atomic E-state index is -1.25. The maximum Gasteiger partial charge on any atom is 0.326 e. The zero-order valence-corrected chi connectivity index (χ0v) is 14.7. The summed E-state index contributed by atoms with van der Waals surface area (Å²) in [6.07, 6.45) is 0.0267. The van der Waals surface area contributed by atoms with E-state index in [-0.39, 0.29) is 6.42 Å². The minimum Gasteiger partial charge on any atom is -0.480 e. The van der Waals surface area contributed by atoms with E-state index in [1.54, 1.807) is 12.1 Å². The second kappa shape index (κ2) is 8.43. The van der Waals surface area contributed by atoms with Crippen molar-refractivity contribution < 1.29 is 23.5 Å². The van der Waals surface area contributed by atoms with E-state index in [1.807, 2.05) is 42.5 Å². The van der Waals surface area contributed by atoms with Crippen LogP contribution in [0.25, 0.3) is 11.1 Å². The molecule has 0 unspecified atom stereocenters. The zero-order valence-electron chi connectivity index (χ0n) is 14.7. The molecule has 2 N–H and O–H groups in total. The van der Waals surface area contributed by atoms with Gasteiger partial charge in [-0.25, -0.2) is 13.6 Å². The van der Waals surface area contributed by atoms with Gasteiger partial charge in [-0.15, -0.1) is 0 Å². The Hall–Kier alpha value is -3.54. The molecule has 1 amide bonds. The molecule has 4 nitrogen and oxygen atoms in total. The molecule has 3 rings (SSSR count). The highest BCUT2D eigenvalue weighted by atomic mass is 19.1. The number of hydrogen-bond acceptors (Lipinski definition) is 2. The van der Waals surface area contributed by atoms with Crippen LogP contribution in [-0.2, 0) is 11.2 Å². The highest BCUT2D eigenvalue weighted by molar-refractivity contribution is 5.96. The van der Waals surface area contributed by atoms with Gasteiger partial charge in [-0.05, 0) is 28.8 Å². The average Bonchev–Trinajstić information content (AvgIpc) is 2.68. The fourth-order valence-corrected chi connectivity index (χ4v) is 2.81. The van der Waals surface area contributed by atoms with Crippen LogP contribution in [0.5, 0.6) is 0 Å². The van der Waals surface area contributed by atoms with E-state index in [0.29, 0.717) is 11.6 Å². The van der Waals surface area contributed by atoms with Crippen molar-refractivity contribution in [3.8, 4) is 11.1 Å². The smallest absolute Gasteiger partial charge is 0.326 e. The van der Waals surface area contributed by atoms with Crippen LogP contribution >= 0.6 is 0 Å². The Balaban J connectivity index is 1.72. The summed E-state index contributed by atoms with van der Waals surface area (Å²) in [5.74, 6) is -4.02. The molecule has 28 heavy (non-hydrogen) atoms. The predicted molar refractivity (Wildman–Crippen MR) is 101 cm³/mol. The van der Waals surface area contributed by atoms with Crippen LogP contribution in [0.15, 0.2) is 72.8 Å². The van der Waals surface area contributed by atoms with Crippen molar-refractivity contribution in [3.05, 3.63) is 95.6 Å². The van der Waals surface area contributed by atoms with Crippen molar-refractivity contribution >= 4 is 11.9 Å². The highest BCUT2D eigenvalue weighted by Crippen LogP contribution is 2.20. The lowest BCUT2D eigenvalue weighted by atomic mass is 10.0. The normalized spacial score (nSPS) is 11.6. The maximum atomic E-state index is 13.7. The molecule has 0 fully saturated rings. The lowest BCUT2D eigenvalue weighted by molar-refractivity contribution is -0.139. The predicted octanol–water partition coefficient (Wildman–Crippen LogP) is 4.06. The van der Waals surface area contributed by atoms with Gasteiger partial charge in [-0.1, -0.05) is 54.6 Å². The first-order valence-electron chi connectivity index (χ1n) is 8.57. The monoisotopic (exact) mass is 381 g/mol. The Morgan fingerprint density at radius 2 is 1.54 bits per heavy atom. The molecule has 0 bridgehead atoms. The third-order valence-corrected chi connectivity index (χ3v) is 4.28. The first kappa shape index (κ1) is 19.2. The van der Waals surface area contributed by atoms with Crippen LogP contribution in [0.4, 0.5) is 8.78 Å². The number of carboxylic acid groups (broad SMARTS) is 1. The number of aliphatic carboxylic acids is 1. The van der Waals surface area contributed by atoms with Gasteiger partial charge in [0, 0.05) is 12.5 Å². The number of carbonyl (C=O) groups is 2. The standard InChI is InChI=1S/C22H17F2NO3/c23-17-10-11-18(19(24)13-17)21(26)25-20(22(27)28)12-14-6-8-16(9-7-14)15-4-2-1-3-5-15/h1-11,13,20H,12H2,(H,25,26)(H,27,28)/t20-/m0/s1. The molecule has 0 aliphatic rings. The summed E-state index contributed by atoms with van der Waals surface area (Å²) in [5, 5.41) is 11.7. The Morgan fingerprint density at radius 3 is 2.14 bits per heavy atom. The van der Waals surface area contributed by atoms with Gasteiger partial charge in [0.1, 0.15) is 17.7 Å². The summed E-state index contributed by atoms with van der Waals surface area (Å²) in [7, 11) is 0. The Morgan fingerprint density at radius 1 is 0.893 bits per heavy atom. The summed E-state index contributed by atoms with van der Waals surface area (Å²) >= 11 is 0. The van der Waals surface area contributed by atoms with Crippen molar-refractivity contribution in [3.63, 3.8) is 0 Å². The molecule has 0 aliphatic heterocycles. The summed E-state index contributed by atoms with van der Waals surface area (Å²) < 4.78 is 26.7. The zero-order chi connectivity index (χ0) is 20.1. The second-order valence-electron chi connectivity index (χ2n) is 6.26. The van der Waals surface area contributed by atoms with Crippen LogP contribution < -0.4 is 5.32 Å². The van der Waals surface area contributed by atoms with E-state index in [9.17, 15) is 23.5 Å². The van der Waals surface area contributed by atoms with Crippen molar-refractivity contribution in [1.82, 2.24) is 5.32 Å². The lowest BCUT2D eigenvalue weighted by Gasteiger charge is -2.15. The summed E-state index contributed by atoms with van der Waals surface area (Å²) in [6.45, 7) is 0. The van der Waals surface area contributed by atoms with Crippen LogP contribution in [0.2, 0.25) is 0 Å². The quantitative estimate of drug-likeness (QED) is 0.677.